The first kappa shape index (κ1) is 14.3. The molecule has 2 atom stereocenters. The summed E-state index contributed by atoms with van der Waals surface area (Å²) in [4.78, 5) is 14.7. The number of ether oxygens (including phenoxy) is 1. The van der Waals surface area contributed by atoms with Crippen LogP contribution in [0.3, 0.4) is 0 Å². The molecular formula is C19H20N2O2. The second kappa shape index (κ2) is 5.70. The summed E-state index contributed by atoms with van der Waals surface area (Å²) in [6, 6.07) is 16.3. The number of piperazine rings is 1. The van der Waals surface area contributed by atoms with E-state index in [-0.39, 0.29) is 17.9 Å². The number of nitrogens with zero attached hydrogens (tertiary/aromatic N) is 1. The summed E-state index contributed by atoms with van der Waals surface area (Å²) in [6.45, 7) is 2.45. The summed E-state index contributed by atoms with van der Waals surface area (Å²) >= 11 is 0. The molecule has 4 heteroatoms. The van der Waals surface area contributed by atoms with Gasteiger partial charge in [0.1, 0.15) is 11.8 Å². The Hall–Kier alpha value is -2.33. The lowest BCUT2D eigenvalue weighted by molar-refractivity contribution is -0.129. The Kier molecular flexibility index (Phi) is 3.54. The summed E-state index contributed by atoms with van der Waals surface area (Å²) in [7, 11) is 1.70. The van der Waals surface area contributed by atoms with Crippen LogP contribution in [0.5, 0.6) is 5.75 Å². The highest BCUT2D eigenvalue weighted by Crippen LogP contribution is 2.44. The van der Waals surface area contributed by atoms with Gasteiger partial charge in [0.25, 0.3) is 0 Å². The molecule has 2 aliphatic heterocycles. The van der Waals surface area contributed by atoms with Crippen LogP contribution in [0.1, 0.15) is 28.7 Å². The van der Waals surface area contributed by atoms with Crippen LogP contribution >= 0.6 is 0 Å². The van der Waals surface area contributed by atoms with Crippen molar-refractivity contribution < 1.29 is 9.53 Å². The van der Waals surface area contributed by atoms with Gasteiger partial charge in [0.2, 0.25) is 5.91 Å². The summed E-state index contributed by atoms with van der Waals surface area (Å²) < 4.78 is 5.63. The van der Waals surface area contributed by atoms with Crippen LogP contribution in [0, 0.1) is 0 Å². The third kappa shape index (κ3) is 2.30. The lowest BCUT2D eigenvalue weighted by atomic mass is 9.80. The van der Waals surface area contributed by atoms with Crippen LogP contribution in [-0.4, -0.2) is 37.6 Å². The fraction of sp³-hybridized carbons (Fsp3) is 0.316. The quantitative estimate of drug-likeness (QED) is 0.926. The van der Waals surface area contributed by atoms with Gasteiger partial charge in [-0.2, -0.15) is 0 Å². The van der Waals surface area contributed by atoms with Gasteiger partial charge in [-0.05, 0) is 17.2 Å². The zero-order chi connectivity index (χ0) is 15.8. The zero-order valence-electron chi connectivity index (χ0n) is 13.2. The summed E-state index contributed by atoms with van der Waals surface area (Å²) in [6.07, 6.45) is 0. The van der Waals surface area contributed by atoms with Gasteiger partial charge in [0, 0.05) is 31.1 Å². The molecule has 0 saturated carbocycles. The smallest absolute Gasteiger partial charge is 0.242 e. The van der Waals surface area contributed by atoms with E-state index in [2.05, 4.69) is 40.5 Å². The van der Waals surface area contributed by atoms with Gasteiger partial charge in [0.05, 0.1) is 7.11 Å². The van der Waals surface area contributed by atoms with Crippen LogP contribution in [0.15, 0.2) is 48.5 Å². The monoisotopic (exact) mass is 308 g/mol. The number of benzene rings is 2. The van der Waals surface area contributed by atoms with E-state index in [1.807, 2.05) is 18.2 Å². The molecule has 1 N–H and O–H groups in total. The first-order valence-electron chi connectivity index (χ1n) is 8.03. The lowest BCUT2D eigenvalue weighted by Crippen LogP contribution is -2.53. The number of carbonyl (C=O) groups excluding carboxylic acids is 1. The third-order valence-corrected chi connectivity index (χ3v) is 4.89. The van der Waals surface area contributed by atoms with Gasteiger partial charge in [-0.3, -0.25) is 9.69 Å². The molecule has 1 amide bonds. The molecule has 0 aliphatic carbocycles. The Bertz CT molecular complexity index is 729. The molecule has 2 aromatic rings. The first-order chi connectivity index (χ1) is 11.3. The highest BCUT2D eigenvalue weighted by molar-refractivity contribution is 5.85. The number of carbonyl (C=O) groups is 1. The molecular weight excluding hydrogens is 288 g/mol. The molecule has 1 fully saturated rings. The van der Waals surface area contributed by atoms with Crippen molar-refractivity contribution in [2.75, 3.05) is 26.7 Å². The van der Waals surface area contributed by atoms with Gasteiger partial charge in [0.15, 0.2) is 0 Å². The van der Waals surface area contributed by atoms with Crippen molar-refractivity contribution in [1.82, 2.24) is 10.2 Å². The maximum atomic E-state index is 12.4. The van der Waals surface area contributed by atoms with E-state index in [0.717, 1.165) is 36.5 Å². The molecule has 0 unspecified atom stereocenters. The Morgan fingerprint density at radius 1 is 1.13 bits per heavy atom. The van der Waals surface area contributed by atoms with Crippen molar-refractivity contribution >= 4 is 5.91 Å². The Labute approximate surface area is 136 Å². The third-order valence-electron chi connectivity index (χ3n) is 4.89. The molecule has 23 heavy (non-hydrogen) atoms. The minimum atomic E-state index is -0.200. The number of hydrogen-bond acceptors (Lipinski definition) is 3. The maximum absolute atomic E-state index is 12.4. The number of hydrogen-bond donors (Lipinski definition) is 1. The van der Waals surface area contributed by atoms with E-state index < -0.39 is 0 Å². The number of amides is 1. The summed E-state index contributed by atoms with van der Waals surface area (Å²) in [5, 5.41) is 2.99. The number of nitrogens with one attached hydrogen (secondary N) is 1. The number of fused-ring (bicyclic) bond motifs is 3. The topological polar surface area (TPSA) is 41.6 Å². The molecule has 118 valence electrons. The average molecular weight is 308 g/mol. The van der Waals surface area contributed by atoms with Gasteiger partial charge in [-0.25, -0.2) is 0 Å². The predicted octanol–water partition coefficient (Wildman–Crippen LogP) is 2.31. The maximum Gasteiger partial charge on any atom is 0.242 e. The number of methoxy groups -OCH3 is 1. The van der Waals surface area contributed by atoms with Gasteiger partial charge >= 0.3 is 0 Å². The normalized spacial score (nSPS) is 23.6. The van der Waals surface area contributed by atoms with Crippen molar-refractivity contribution in [2.24, 2.45) is 0 Å². The van der Waals surface area contributed by atoms with Gasteiger partial charge in [-0.15, -0.1) is 0 Å². The standard InChI is InChI=1S/C19H20N2O2/c1-23-16-9-5-8-14-17(16)15(13-6-3-2-4-7-13)12-21-11-10-20-19(22)18(14)21/h2-9,15,18H,10-12H2,1H3,(H,20,22)/t15-,18-/m0/s1. The molecule has 2 aromatic carbocycles. The van der Waals surface area contributed by atoms with Gasteiger partial charge in [-0.1, -0.05) is 42.5 Å². The van der Waals surface area contributed by atoms with Crippen molar-refractivity contribution in [2.45, 2.75) is 12.0 Å². The fourth-order valence-electron chi connectivity index (χ4n) is 3.88. The summed E-state index contributed by atoms with van der Waals surface area (Å²) in [5.74, 6) is 1.19. The van der Waals surface area contributed by atoms with E-state index in [0.29, 0.717) is 0 Å². The molecule has 1 saturated heterocycles. The van der Waals surface area contributed by atoms with Crippen LogP contribution in [0.2, 0.25) is 0 Å². The van der Waals surface area contributed by atoms with Crippen molar-refractivity contribution in [3.8, 4) is 5.75 Å². The SMILES string of the molecule is COc1cccc2c1[C@H](c1ccccc1)CN1CCNC(=O)[C@H]21. The average Bonchev–Trinajstić information content (AvgIpc) is 2.61. The predicted molar refractivity (Wildman–Crippen MR) is 88.6 cm³/mol. The van der Waals surface area contributed by atoms with Crippen molar-refractivity contribution in [3.63, 3.8) is 0 Å². The van der Waals surface area contributed by atoms with Crippen LogP contribution in [-0.2, 0) is 4.79 Å². The van der Waals surface area contributed by atoms with Crippen molar-refractivity contribution in [3.05, 3.63) is 65.2 Å². The number of rotatable bonds is 2. The second-order valence-electron chi connectivity index (χ2n) is 6.11. The second-order valence-corrected chi connectivity index (χ2v) is 6.11. The molecule has 0 spiro atoms. The highest BCUT2D eigenvalue weighted by atomic mass is 16.5. The molecule has 2 heterocycles. The largest absolute Gasteiger partial charge is 0.496 e. The van der Waals surface area contributed by atoms with E-state index >= 15 is 0 Å². The minimum Gasteiger partial charge on any atom is -0.496 e. The van der Waals surface area contributed by atoms with Crippen LogP contribution < -0.4 is 10.1 Å². The van der Waals surface area contributed by atoms with E-state index in [4.69, 9.17) is 4.74 Å². The molecule has 4 rings (SSSR count). The lowest BCUT2D eigenvalue weighted by Gasteiger charge is -2.43. The molecule has 0 aromatic heterocycles. The molecule has 0 bridgehead atoms. The fourth-order valence-corrected chi connectivity index (χ4v) is 3.88. The Morgan fingerprint density at radius 2 is 1.96 bits per heavy atom. The Morgan fingerprint density at radius 3 is 2.74 bits per heavy atom. The molecule has 4 nitrogen and oxygen atoms in total. The minimum absolute atomic E-state index is 0.0947. The zero-order valence-corrected chi connectivity index (χ0v) is 13.2. The highest BCUT2D eigenvalue weighted by Gasteiger charge is 2.40. The first-order valence-corrected chi connectivity index (χ1v) is 8.03. The molecule has 0 radical (unpaired) electrons. The van der Waals surface area contributed by atoms with Gasteiger partial charge < -0.3 is 10.1 Å². The molecule has 2 aliphatic rings. The van der Waals surface area contributed by atoms with E-state index in [9.17, 15) is 4.79 Å². The van der Waals surface area contributed by atoms with Crippen molar-refractivity contribution in [1.29, 1.82) is 0 Å². The van der Waals surface area contributed by atoms with Crippen LogP contribution in [0.25, 0.3) is 0 Å². The van der Waals surface area contributed by atoms with Crippen LogP contribution in [0.4, 0.5) is 0 Å². The van der Waals surface area contributed by atoms with E-state index in [1.165, 1.54) is 5.56 Å². The summed E-state index contributed by atoms with van der Waals surface area (Å²) in [5.41, 5.74) is 3.49. The van der Waals surface area contributed by atoms with E-state index in [1.54, 1.807) is 7.11 Å². The Balaban J connectivity index is 1.90.